The van der Waals surface area contributed by atoms with Crippen LogP contribution in [0.25, 0.3) is 0 Å². The Morgan fingerprint density at radius 1 is 1.21 bits per heavy atom. The highest BCUT2D eigenvalue weighted by Crippen LogP contribution is 2.08. The molecule has 72 valence electrons. The van der Waals surface area contributed by atoms with E-state index in [0.29, 0.717) is 5.75 Å². The molecule has 1 aromatic rings. The highest BCUT2D eigenvalue weighted by atomic mass is 35.5. The average molecular weight is 209 g/mol. The van der Waals surface area contributed by atoms with Crippen molar-refractivity contribution in [1.82, 2.24) is 0 Å². The first-order valence-corrected chi connectivity index (χ1v) is 4.47. The highest BCUT2D eigenvalue weighted by Gasteiger charge is 1.97. The lowest BCUT2D eigenvalue weighted by molar-refractivity contribution is -0.128. The summed E-state index contributed by atoms with van der Waals surface area (Å²) < 4.78 is 4.96. The zero-order valence-electron chi connectivity index (χ0n) is 7.39. The molecule has 0 spiro atoms. The van der Waals surface area contributed by atoms with Gasteiger partial charge in [0, 0.05) is 11.6 Å². The minimum atomic E-state index is -0.425. The monoisotopic (exact) mass is 208 g/mol. The largest absolute Gasteiger partial charge is 0.423 e. The highest BCUT2D eigenvalue weighted by molar-refractivity contribution is 6.25. The molecule has 0 unspecified atom stereocenters. The molecule has 1 aromatic carbocycles. The van der Waals surface area contributed by atoms with Gasteiger partial charge in [0.1, 0.15) is 5.75 Å². The number of halogens is 1. The summed E-state index contributed by atoms with van der Waals surface area (Å²) in [5.74, 6) is 0.1000. The summed E-state index contributed by atoms with van der Waals surface area (Å²) in [6.07, 6.45) is 4.35. The number of carbonyl (C=O) groups excluding carboxylic acids is 1. The van der Waals surface area contributed by atoms with Crippen molar-refractivity contribution in [3.63, 3.8) is 0 Å². The van der Waals surface area contributed by atoms with E-state index in [1.807, 2.05) is 6.07 Å². The lowest BCUT2D eigenvalue weighted by atomic mass is 10.3. The van der Waals surface area contributed by atoms with Crippen molar-refractivity contribution in [2.75, 3.05) is 0 Å². The summed E-state index contributed by atoms with van der Waals surface area (Å²) in [7, 11) is 0. The first kappa shape index (κ1) is 10.5. The van der Waals surface area contributed by atoms with Crippen molar-refractivity contribution in [1.29, 1.82) is 0 Å². The average Bonchev–Trinajstić information content (AvgIpc) is 2.20. The van der Waals surface area contributed by atoms with Gasteiger partial charge in [-0.1, -0.05) is 42.0 Å². The third-order valence-corrected chi connectivity index (χ3v) is 1.52. The third-order valence-electron chi connectivity index (χ3n) is 1.38. The molecule has 3 heteroatoms. The number of hydrogen-bond acceptors (Lipinski definition) is 2. The number of hydrogen-bond donors (Lipinski definition) is 0. The first-order chi connectivity index (χ1) is 6.83. The van der Waals surface area contributed by atoms with Gasteiger partial charge < -0.3 is 4.74 Å². The van der Waals surface area contributed by atoms with Gasteiger partial charge in [0.15, 0.2) is 0 Å². The second-order valence-corrected chi connectivity index (χ2v) is 2.66. The molecular formula is C11H9ClO2. The fourth-order valence-electron chi connectivity index (χ4n) is 0.815. The Morgan fingerprint density at radius 3 is 2.57 bits per heavy atom. The topological polar surface area (TPSA) is 26.3 Å². The van der Waals surface area contributed by atoms with Gasteiger partial charge >= 0.3 is 5.97 Å². The fourth-order valence-corrected chi connectivity index (χ4v) is 0.899. The Balaban J connectivity index is 2.50. The van der Waals surface area contributed by atoms with E-state index in [9.17, 15) is 4.79 Å². The lowest BCUT2D eigenvalue weighted by Crippen LogP contribution is -2.02. The van der Waals surface area contributed by atoms with E-state index in [-0.39, 0.29) is 0 Å². The molecule has 0 N–H and O–H groups in total. The Labute approximate surface area is 87.5 Å². The molecule has 1 rings (SSSR count). The maximum Gasteiger partial charge on any atom is 0.336 e. The Morgan fingerprint density at radius 2 is 1.93 bits per heavy atom. The maximum atomic E-state index is 11.1. The van der Waals surface area contributed by atoms with Gasteiger partial charge in [0.25, 0.3) is 0 Å². The molecule has 0 fully saturated rings. The van der Waals surface area contributed by atoms with Crippen LogP contribution in [-0.4, -0.2) is 5.97 Å². The molecule has 2 nitrogen and oxygen atoms in total. The smallest absolute Gasteiger partial charge is 0.336 e. The summed E-state index contributed by atoms with van der Waals surface area (Å²) >= 11 is 5.26. The van der Waals surface area contributed by atoms with Crippen LogP contribution >= 0.6 is 11.6 Å². The van der Waals surface area contributed by atoms with Crippen molar-refractivity contribution in [2.24, 2.45) is 0 Å². The summed E-state index contributed by atoms with van der Waals surface area (Å²) in [4.78, 5) is 11.1. The molecule has 0 radical (unpaired) electrons. The van der Waals surface area contributed by atoms with E-state index in [1.165, 1.54) is 23.8 Å². The molecule has 14 heavy (non-hydrogen) atoms. The number of allylic oxidation sites excluding steroid dienone is 2. The predicted molar refractivity (Wildman–Crippen MR) is 56.2 cm³/mol. The fraction of sp³-hybridized carbons (Fsp3) is 0. The molecule has 0 bridgehead atoms. The van der Waals surface area contributed by atoms with Crippen LogP contribution in [0.2, 0.25) is 0 Å². The normalized spacial score (nSPS) is 10.9. The van der Waals surface area contributed by atoms with Gasteiger partial charge in [-0.3, -0.25) is 0 Å². The zero-order chi connectivity index (χ0) is 10.2. The van der Waals surface area contributed by atoms with Gasteiger partial charge in [0.2, 0.25) is 0 Å². The second-order valence-electron chi connectivity index (χ2n) is 2.41. The van der Waals surface area contributed by atoms with Crippen molar-refractivity contribution in [3.8, 4) is 5.75 Å². The van der Waals surface area contributed by atoms with Crippen LogP contribution in [-0.2, 0) is 4.79 Å². The summed E-state index contributed by atoms with van der Waals surface area (Å²) in [5, 5.41) is 0. The van der Waals surface area contributed by atoms with Crippen LogP contribution in [0.5, 0.6) is 5.75 Å². The number of para-hydroxylation sites is 1. The van der Waals surface area contributed by atoms with Gasteiger partial charge in [0.05, 0.1) is 0 Å². The maximum absolute atomic E-state index is 11.1. The summed E-state index contributed by atoms with van der Waals surface area (Å²) in [5.41, 5.74) is 1.31. The van der Waals surface area contributed by atoms with Crippen molar-refractivity contribution in [3.05, 3.63) is 54.1 Å². The van der Waals surface area contributed by atoms with Gasteiger partial charge in [-0.05, 0) is 12.1 Å². The standard InChI is InChI=1S/C11H9ClO2/c12-9-5-4-8-11(13)14-10-6-2-1-3-7-10/h1-9H/b8-4+,9-5+. The molecule has 0 aliphatic rings. The quantitative estimate of drug-likeness (QED) is 0.331. The number of rotatable bonds is 3. The Bertz CT molecular complexity index is 342. The predicted octanol–water partition coefficient (Wildman–Crippen LogP) is 2.90. The van der Waals surface area contributed by atoms with E-state index < -0.39 is 5.97 Å². The van der Waals surface area contributed by atoms with Crippen LogP contribution in [0.3, 0.4) is 0 Å². The second kappa shape index (κ2) is 6.00. The first-order valence-electron chi connectivity index (χ1n) is 4.03. The van der Waals surface area contributed by atoms with Crippen LogP contribution in [0.1, 0.15) is 0 Å². The van der Waals surface area contributed by atoms with Crippen LogP contribution in [0.15, 0.2) is 54.1 Å². The minimum absolute atomic E-state index is 0.425. The summed E-state index contributed by atoms with van der Waals surface area (Å²) in [6, 6.07) is 8.87. The lowest BCUT2D eigenvalue weighted by Gasteiger charge is -1.98. The van der Waals surface area contributed by atoms with E-state index in [1.54, 1.807) is 24.3 Å². The number of esters is 1. The zero-order valence-corrected chi connectivity index (χ0v) is 8.15. The molecule has 0 aromatic heterocycles. The molecule has 0 amide bonds. The van der Waals surface area contributed by atoms with Crippen molar-refractivity contribution in [2.45, 2.75) is 0 Å². The van der Waals surface area contributed by atoms with Crippen LogP contribution in [0, 0.1) is 0 Å². The molecule has 0 saturated heterocycles. The Hall–Kier alpha value is -1.54. The van der Waals surface area contributed by atoms with E-state index in [2.05, 4.69) is 0 Å². The van der Waals surface area contributed by atoms with E-state index in [4.69, 9.17) is 16.3 Å². The van der Waals surface area contributed by atoms with Crippen molar-refractivity contribution >= 4 is 17.6 Å². The number of benzene rings is 1. The molecule has 0 aliphatic heterocycles. The number of carbonyl (C=O) groups is 1. The molecule has 0 atom stereocenters. The molecule has 0 aliphatic carbocycles. The van der Waals surface area contributed by atoms with E-state index in [0.717, 1.165) is 0 Å². The molecule has 0 heterocycles. The molecule has 0 saturated carbocycles. The van der Waals surface area contributed by atoms with Gasteiger partial charge in [-0.25, -0.2) is 4.79 Å². The van der Waals surface area contributed by atoms with Gasteiger partial charge in [-0.2, -0.15) is 0 Å². The van der Waals surface area contributed by atoms with E-state index >= 15 is 0 Å². The van der Waals surface area contributed by atoms with Crippen LogP contribution < -0.4 is 4.74 Å². The molecular weight excluding hydrogens is 200 g/mol. The third kappa shape index (κ3) is 3.92. The minimum Gasteiger partial charge on any atom is -0.423 e. The SMILES string of the molecule is O=C(/C=C/C=C/Cl)Oc1ccccc1. The number of ether oxygens (including phenoxy) is 1. The summed E-state index contributed by atoms with van der Waals surface area (Å²) in [6.45, 7) is 0. The Kier molecular flexibility index (Phi) is 4.51. The van der Waals surface area contributed by atoms with Crippen molar-refractivity contribution < 1.29 is 9.53 Å². The van der Waals surface area contributed by atoms with Crippen LogP contribution in [0.4, 0.5) is 0 Å². The van der Waals surface area contributed by atoms with Gasteiger partial charge in [-0.15, -0.1) is 0 Å².